The van der Waals surface area contributed by atoms with E-state index in [1.54, 1.807) is 0 Å². The van der Waals surface area contributed by atoms with Crippen molar-refractivity contribution < 1.29 is 24.2 Å². The van der Waals surface area contributed by atoms with E-state index >= 15 is 0 Å². The second-order valence-electron chi connectivity index (χ2n) is 5.03. The first-order valence-electron chi connectivity index (χ1n) is 6.89. The van der Waals surface area contributed by atoms with Crippen molar-refractivity contribution in [1.29, 1.82) is 0 Å². The molecule has 0 atom stereocenters. The van der Waals surface area contributed by atoms with Crippen LogP contribution in [-0.2, 0) is 14.3 Å². The Balaban J connectivity index is 2.12. The summed E-state index contributed by atoms with van der Waals surface area (Å²) in [6.07, 6.45) is 0. The zero-order valence-corrected chi connectivity index (χ0v) is 12.4. The lowest BCUT2D eigenvalue weighted by atomic mass is 9.96. The smallest absolute Gasteiger partial charge is 0.347 e. The van der Waals surface area contributed by atoms with Crippen LogP contribution in [-0.4, -0.2) is 21.8 Å². The molecule has 25 heavy (non-hydrogen) atoms. The highest BCUT2D eigenvalue weighted by molar-refractivity contribution is 6.44. The van der Waals surface area contributed by atoms with E-state index in [1.165, 1.54) is 48.5 Å². The summed E-state index contributed by atoms with van der Waals surface area (Å²) in [4.78, 5) is 44.3. The molecular weight excluding hydrogens is 332 g/mol. The van der Waals surface area contributed by atoms with Gasteiger partial charge in [0.1, 0.15) is 0 Å². The molecule has 0 aromatic heterocycles. The fourth-order valence-corrected chi connectivity index (χ4v) is 2.41. The van der Waals surface area contributed by atoms with Crippen LogP contribution in [0.3, 0.4) is 0 Å². The molecule has 124 valence electrons. The fourth-order valence-electron chi connectivity index (χ4n) is 2.41. The number of esters is 2. The molecule has 0 spiro atoms. The first-order valence-corrected chi connectivity index (χ1v) is 6.89. The van der Waals surface area contributed by atoms with Crippen molar-refractivity contribution in [1.82, 2.24) is 0 Å². The van der Waals surface area contributed by atoms with Crippen LogP contribution in [0.25, 0.3) is 11.1 Å². The predicted molar refractivity (Wildman–Crippen MR) is 84.1 cm³/mol. The van der Waals surface area contributed by atoms with E-state index in [2.05, 4.69) is 4.74 Å². The van der Waals surface area contributed by atoms with Gasteiger partial charge in [-0.05, 0) is 35.4 Å². The van der Waals surface area contributed by atoms with E-state index in [4.69, 9.17) is 0 Å². The predicted octanol–water partition coefficient (Wildman–Crippen LogP) is 2.50. The standard InChI is InChI=1S/C16H8N2O7/c19-15-13(9-1-5-11(6-2-9)17(21)22)14(16(20)25-15)10-3-7-12(8-4-10)18(23)24/h1-8H. The van der Waals surface area contributed by atoms with Gasteiger partial charge in [-0.3, -0.25) is 20.2 Å². The summed E-state index contributed by atoms with van der Waals surface area (Å²) >= 11 is 0. The summed E-state index contributed by atoms with van der Waals surface area (Å²) in [5.74, 6) is -1.76. The largest absolute Gasteiger partial charge is 0.386 e. The number of hydrogen-bond donors (Lipinski definition) is 0. The molecule has 2 aromatic rings. The number of non-ortho nitro benzene ring substituents is 2. The molecule has 1 aliphatic rings. The number of ether oxygens (including phenoxy) is 1. The van der Waals surface area contributed by atoms with Gasteiger partial charge in [-0.25, -0.2) is 9.59 Å². The van der Waals surface area contributed by atoms with Crippen LogP contribution in [0.4, 0.5) is 11.4 Å². The Kier molecular flexibility index (Phi) is 3.82. The minimum Gasteiger partial charge on any atom is -0.386 e. The highest BCUT2D eigenvalue weighted by atomic mass is 16.6. The molecule has 0 bridgehead atoms. The third-order valence-electron chi connectivity index (χ3n) is 3.58. The molecular formula is C16H8N2O7. The summed E-state index contributed by atoms with van der Waals surface area (Å²) in [6, 6.07) is 10.1. The molecule has 0 unspecified atom stereocenters. The van der Waals surface area contributed by atoms with Crippen molar-refractivity contribution in [2.45, 2.75) is 0 Å². The minimum absolute atomic E-state index is 0.0475. The van der Waals surface area contributed by atoms with Crippen molar-refractivity contribution in [2.24, 2.45) is 0 Å². The van der Waals surface area contributed by atoms with Gasteiger partial charge in [0.2, 0.25) is 0 Å². The van der Waals surface area contributed by atoms with Gasteiger partial charge in [0.25, 0.3) is 11.4 Å². The third kappa shape index (κ3) is 2.85. The quantitative estimate of drug-likeness (QED) is 0.362. The van der Waals surface area contributed by atoms with Crippen LogP contribution < -0.4 is 0 Å². The van der Waals surface area contributed by atoms with Crippen molar-refractivity contribution in [3.63, 3.8) is 0 Å². The van der Waals surface area contributed by atoms with Gasteiger partial charge in [-0.2, -0.15) is 0 Å². The maximum absolute atomic E-state index is 12.0. The van der Waals surface area contributed by atoms with Crippen molar-refractivity contribution >= 4 is 34.5 Å². The van der Waals surface area contributed by atoms with Crippen LogP contribution >= 0.6 is 0 Å². The van der Waals surface area contributed by atoms with Crippen molar-refractivity contribution in [3.8, 4) is 0 Å². The average Bonchev–Trinajstić information content (AvgIpc) is 2.89. The van der Waals surface area contributed by atoms with Gasteiger partial charge < -0.3 is 4.74 Å². The number of nitro groups is 2. The van der Waals surface area contributed by atoms with E-state index in [9.17, 15) is 29.8 Å². The van der Waals surface area contributed by atoms with Crippen molar-refractivity contribution in [2.75, 3.05) is 0 Å². The average molecular weight is 340 g/mol. The van der Waals surface area contributed by atoms with Crippen LogP contribution in [0.2, 0.25) is 0 Å². The Morgan fingerprint density at radius 3 is 1.24 bits per heavy atom. The first kappa shape index (κ1) is 16.0. The molecule has 2 aromatic carbocycles. The van der Waals surface area contributed by atoms with E-state index in [0.29, 0.717) is 0 Å². The molecule has 0 aliphatic carbocycles. The Morgan fingerprint density at radius 1 is 0.640 bits per heavy atom. The highest BCUT2D eigenvalue weighted by Crippen LogP contribution is 2.35. The molecule has 0 N–H and O–H groups in total. The maximum Gasteiger partial charge on any atom is 0.347 e. The second-order valence-corrected chi connectivity index (χ2v) is 5.03. The molecule has 1 heterocycles. The van der Waals surface area contributed by atoms with Gasteiger partial charge in [0, 0.05) is 24.3 Å². The number of carbonyl (C=O) groups excluding carboxylic acids is 2. The molecule has 9 nitrogen and oxygen atoms in total. The summed E-state index contributed by atoms with van der Waals surface area (Å²) in [5, 5.41) is 21.4. The van der Waals surface area contributed by atoms with E-state index in [0.717, 1.165) is 0 Å². The topological polar surface area (TPSA) is 130 Å². The lowest BCUT2D eigenvalue weighted by molar-refractivity contribution is -0.385. The number of rotatable bonds is 4. The number of carbonyl (C=O) groups is 2. The number of benzene rings is 2. The van der Waals surface area contributed by atoms with Gasteiger partial charge in [-0.1, -0.05) is 0 Å². The first-order chi connectivity index (χ1) is 11.9. The number of cyclic esters (lactones) is 2. The molecule has 0 fully saturated rings. The third-order valence-corrected chi connectivity index (χ3v) is 3.58. The molecule has 3 rings (SSSR count). The SMILES string of the molecule is O=C1OC(=O)C(c2ccc([N+](=O)[O-])cc2)=C1c1ccc([N+](=O)[O-])cc1. The van der Waals surface area contributed by atoms with E-state index in [1.807, 2.05) is 0 Å². The number of nitrogens with zero attached hydrogens (tertiary/aromatic N) is 2. The monoisotopic (exact) mass is 340 g/mol. The summed E-state index contributed by atoms with van der Waals surface area (Å²) in [7, 11) is 0. The van der Waals surface area contributed by atoms with Crippen LogP contribution in [0.1, 0.15) is 11.1 Å². The second kappa shape index (κ2) is 5.96. The Bertz CT molecular complexity index is 866. The van der Waals surface area contributed by atoms with Gasteiger partial charge >= 0.3 is 11.9 Å². The molecule has 0 amide bonds. The van der Waals surface area contributed by atoms with E-state index in [-0.39, 0.29) is 33.6 Å². The fraction of sp³-hybridized carbons (Fsp3) is 0. The highest BCUT2D eigenvalue weighted by Gasteiger charge is 2.35. The van der Waals surface area contributed by atoms with E-state index < -0.39 is 21.8 Å². The van der Waals surface area contributed by atoms with Gasteiger partial charge in [0.05, 0.1) is 21.0 Å². The van der Waals surface area contributed by atoms with Crippen molar-refractivity contribution in [3.05, 3.63) is 79.9 Å². The molecule has 0 radical (unpaired) electrons. The van der Waals surface area contributed by atoms with Crippen LogP contribution in [0.15, 0.2) is 48.5 Å². The molecule has 9 heteroatoms. The summed E-state index contributed by atoms with van der Waals surface area (Å²) < 4.78 is 4.63. The maximum atomic E-state index is 12.0. The number of hydrogen-bond acceptors (Lipinski definition) is 7. The summed E-state index contributed by atoms with van der Waals surface area (Å²) in [6.45, 7) is 0. The Morgan fingerprint density at radius 2 is 0.960 bits per heavy atom. The zero-order chi connectivity index (χ0) is 18.1. The molecule has 0 saturated carbocycles. The van der Waals surface area contributed by atoms with Gasteiger partial charge in [-0.15, -0.1) is 0 Å². The lowest BCUT2D eigenvalue weighted by Gasteiger charge is -2.03. The molecule has 1 aliphatic heterocycles. The summed E-state index contributed by atoms with van der Waals surface area (Å²) in [5.41, 5.74) is 0.116. The Labute approximate surface area is 139 Å². The van der Waals surface area contributed by atoms with Crippen LogP contribution in [0.5, 0.6) is 0 Å². The van der Waals surface area contributed by atoms with Crippen LogP contribution in [0, 0.1) is 20.2 Å². The zero-order valence-electron chi connectivity index (χ0n) is 12.4. The lowest BCUT2D eigenvalue weighted by Crippen LogP contribution is -2.02. The minimum atomic E-state index is -0.882. The Hall–Kier alpha value is -3.88. The number of nitro benzene ring substituents is 2. The normalized spacial score (nSPS) is 13.8. The van der Waals surface area contributed by atoms with Gasteiger partial charge in [0.15, 0.2) is 0 Å². The molecule has 0 saturated heterocycles.